The lowest BCUT2D eigenvalue weighted by Gasteiger charge is -2.10. The highest BCUT2D eigenvalue weighted by Crippen LogP contribution is 2.22. The molecule has 0 radical (unpaired) electrons. The Morgan fingerprint density at radius 3 is 2.65 bits per heavy atom. The number of furan rings is 1. The third kappa shape index (κ3) is 3.09. The first-order chi connectivity index (χ1) is 9.29. The fraction of sp³-hybridized carbons (Fsp3) is 0.250. The first-order valence-electron chi connectivity index (χ1n) is 5.70. The largest absolute Gasteiger partial charge is 0.477 e. The molecule has 0 saturated heterocycles. The summed E-state index contributed by atoms with van der Waals surface area (Å²) in [4.78, 5) is 10.7. The topological polar surface area (TPSA) is 96.6 Å². The molecule has 2 aromatic heterocycles. The van der Waals surface area contributed by atoms with Crippen LogP contribution >= 0.6 is 11.3 Å². The van der Waals surface area contributed by atoms with Gasteiger partial charge in [0.05, 0.1) is 10.9 Å². The van der Waals surface area contributed by atoms with E-state index >= 15 is 0 Å². The second-order valence-electron chi connectivity index (χ2n) is 4.24. The van der Waals surface area contributed by atoms with Crippen molar-refractivity contribution in [2.24, 2.45) is 0 Å². The van der Waals surface area contributed by atoms with Crippen LogP contribution in [0.2, 0.25) is 0 Å². The van der Waals surface area contributed by atoms with Crippen LogP contribution in [0.4, 0.5) is 0 Å². The predicted molar refractivity (Wildman–Crippen MR) is 73.5 cm³/mol. The lowest BCUT2D eigenvalue weighted by molar-refractivity contribution is 0.0702. The molecule has 0 aliphatic carbocycles. The van der Waals surface area contributed by atoms with Gasteiger partial charge in [0, 0.05) is 5.38 Å². The Kier molecular flexibility index (Phi) is 3.98. The number of aromatic carboxylic acids is 1. The van der Waals surface area contributed by atoms with Crippen molar-refractivity contribution in [2.75, 3.05) is 0 Å². The van der Waals surface area contributed by atoms with Crippen LogP contribution in [-0.4, -0.2) is 19.5 Å². The monoisotopic (exact) mass is 315 g/mol. The van der Waals surface area contributed by atoms with Gasteiger partial charge in [0.15, 0.2) is 0 Å². The molecule has 0 spiro atoms. The molecule has 0 fully saturated rings. The molecule has 0 bridgehead atoms. The van der Waals surface area contributed by atoms with E-state index in [1.54, 1.807) is 26.0 Å². The van der Waals surface area contributed by atoms with Gasteiger partial charge in [-0.1, -0.05) is 0 Å². The van der Waals surface area contributed by atoms with Crippen LogP contribution in [0, 0.1) is 6.92 Å². The minimum atomic E-state index is -3.77. The average Bonchev–Trinajstić information content (AvgIpc) is 2.96. The van der Waals surface area contributed by atoms with Crippen molar-refractivity contribution in [3.05, 3.63) is 40.0 Å². The van der Waals surface area contributed by atoms with Gasteiger partial charge in [-0.2, -0.15) is 0 Å². The minimum Gasteiger partial charge on any atom is -0.477 e. The van der Waals surface area contributed by atoms with Crippen LogP contribution in [-0.2, 0) is 10.0 Å². The Balaban J connectivity index is 2.20. The summed E-state index contributed by atoms with van der Waals surface area (Å²) in [7, 11) is -3.77. The van der Waals surface area contributed by atoms with Gasteiger partial charge < -0.3 is 9.52 Å². The van der Waals surface area contributed by atoms with Crippen molar-refractivity contribution >= 4 is 27.3 Å². The van der Waals surface area contributed by atoms with Crippen molar-refractivity contribution in [3.8, 4) is 0 Å². The van der Waals surface area contributed by atoms with Crippen LogP contribution < -0.4 is 4.72 Å². The Hall–Kier alpha value is -1.64. The van der Waals surface area contributed by atoms with Crippen molar-refractivity contribution in [1.82, 2.24) is 4.72 Å². The van der Waals surface area contributed by atoms with Crippen molar-refractivity contribution in [2.45, 2.75) is 24.8 Å². The Bertz CT molecular complexity index is 729. The zero-order chi connectivity index (χ0) is 14.9. The zero-order valence-electron chi connectivity index (χ0n) is 10.8. The standard InChI is InChI=1S/C12H13NO5S2/c1-7-3-4-10(18-7)8(2)13-20(16,17)9-5-11(12(14)15)19-6-9/h3-6,8,13H,1-2H3,(H,14,15). The third-order valence-electron chi connectivity index (χ3n) is 2.62. The number of thiophene rings is 1. The van der Waals surface area contributed by atoms with Crippen molar-refractivity contribution in [3.63, 3.8) is 0 Å². The van der Waals surface area contributed by atoms with Crippen molar-refractivity contribution < 1.29 is 22.7 Å². The lowest BCUT2D eigenvalue weighted by Crippen LogP contribution is -2.26. The zero-order valence-corrected chi connectivity index (χ0v) is 12.4. The van der Waals surface area contributed by atoms with Crippen LogP contribution in [0.5, 0.6) is 0 Å². The molecule has 1 atom stereocenters. The summed E-state index contributed by atoms with van der Waals surface area (Å²) in [6.07, 6.45) is 0. The van der Waals surface area contributed by atoms with Gasteiger partial charge >= 0.3 is 5.97 Å². The van der Waals surface area contributed by atoms with Gasteiger partial charge in [0.1, 0.15) is 16.4 Å². The molecule has 0 amide bonds. The number of rotatable bonds is 5. The van der Waals surface area contributed by atoms with E-state index < -0.39 is 22.0 Å². The SMILES string of the molecule is Cc1ccc(C(C)NS(=O)(=O)c2csc(C(=O)O)c2)o1. The lowest BCUT2D eigenvalue weighted by atomic mass is 10.3. The van der Waals surface area contributed by atoms with E-state index in [1.165, 1.54) is 5.38 Å². The number of carboxylic acids is 1. The molecule has 6 nitrogen and oxygen atoms in total. The average molecular weight is 315 g/mol. The summed E-state index contributed by atoms with van der Waals surface area (Å²) in [5.74, 6) is 0.0423. The number of nitrogens with one attached hydrogen (secondary N) is 1. The predicted octanol–water partition coefficient (Wildman–Crippen LogP) is 2.39. The maximum Gasteiger partial charge on any atom is 0.345 e. The molecule has 0 saturated carbocycles. The highest BCUT2D eigenvalue weighted by Gasteiger charge is 2.22. The highest BCUT2D eigenvalue weighted by atomic mass is 32.2. The maximum atomic E-state index is 12.1. The minimum absolute atomic E-state index is 0.0214. The third-order valence-corrected chi connectivity index (χ3v) is 5.20. The second-order valence-corrected chi connectivity index (χ2v) is 6.87. The Labute approximate surface area is 120 Å². The van der Waals surface area contributed by atoms with Crippen LogP contribution in [0.3, 0.4) is 0 Å². The van der Waals surface area contributed by atoms with E-state index in [-0.39, 0.29) is 9.77 Å². The summed E-state index contributed by atoms with van der Waals surface area (Å²) < 4.78 is 32.0. The van der Waals surface area contributed by atoms with Crippen LogP contribution in [0.25, 0.3) is 0 Å². The van der Waals surface area contributed by atoms with E-state index in [0.717, 1.165) is 17.4 Å². The van der Waals surface area contributed by atoms with E-state index in [4.69, 9.17) is 9.52 Å². The van der Waals surface area contributed by atoms with Gasteiger partial charge in [-0.05, 0) is 32.0 Å². The fourth-order valence-corrected chi connectivity index (χ4v) is 3.94. The molecular formula is C12H13NO5S2. The molecule has 2 heterocycles. The molecule has 0 aliphatic rings. The number of aryl methyl sites for hydroxylation is 1. The smallest absolute Gasteiger partial charge is 0.345 e. The highest BCUT2D eigenvalue weighted by molar-refractivity contribution is 7.89. The van der Waals surface area contributed by atoms with Gasteiger partial charge in [0.2, 0.25) is 10.0 Å². The summed E-state index contributed by atoms with van der Waals surface area (Å²) >= 11 is 0.869. The summed E-state index contributed by atoms with van der Waals surface area (Å²) in [6.45, 7) is 3.42. The molecule has 0 aliphatic heterocycles. The van der Waals surface area contributed by atoms with E-state index in [0.29, 0.717) is 11.5 Å². The number of hydrogen-bond donors (Lipinski definition) is 2. The fourth-order valence-electron chi connectivity index (χ4n) is 1.62. The quantitative estimate of drug-likeness (QED) is 0.883. The molecule has 108 valence electrons. The molecule has 2 aromatic rings. The second kappa shape index (κ2) is 5.39. The maximum absolute atomic E-state index is 12.1. The molecule has 20 heavy (non-hydrogen) atoms. The van der Waals surface area contributed by atoms with Crippen LogP contribution in [0.1, 0.15) is 34.2 Å². The Morgan fingerprint density at radius 1 is 1.45 bits per heavy atom. The molecule has 8 heteroatoms. The van der Waals surface area contributed by atoms with E-state index in [1.807, 2.05) is 0 Å². The van der Waals surface area contributed by atoms with Crippen LogP contribution in [0.15, 0.2) is 32.9 Å². The summed E-state index contributed by atoms with van der Waals surface area (Å²) in [6, 6.07) is 4.03. The Morgan fingerprint density at radius 2 is 2.15 bits per heavy atom. The molecule has 2 N–H and O–H groups in total. The molecule has 0 aromatic carbocycles. The summed E-state index contributed by atoms with van der Waals surface area (Å²) in [5, 5.41) is 10.1. The first kappa shape index (κ1) is 14.8. The molecule has 1 unspecified atom stereocenters. The van der Waals surface area contributed by atoms with Gasteiger partial charge in [0.25, 0.3) is 0 Å². The van der Waals surface area contributed by atoms with Crippen molar-refractivity contribution in [1.29, 1.82) is 0 Å². The molecule has 2 rings (SSSR count). The molecular weight excluding hydrogens is 302 g/mol. The van der Waals surface area contributed by atoms with Gasteiger partial charge in [-0.15, -0.1) is 11.3 Å². The summed E-state index contributed by atoms with van der Waals surface area (Å²) in [5.41, 5.74) is 0. The number of carbonyl (C=O) groups is 1. The van der Waals surface area contributed by atoms with E-state index in [9.17, 15) is 13.2 Å². The number of hydrogen-bond acceptors (Lipinski definition) is 5. The number of sulfonamides is 1. The van der Waals surface area contributed by atoms with E-state index in [2.05, 4.69) is 4.72 Å². The van der Waals surface area contributed by atoms with Gasteiger partial charge in [-0.25, -0.2) is 17.9 Å². The van der Waals surface area contributed by atoms with Gasteiger partial charge in [-0.3, -0.25) is 0 Å². The number of carboxylic acid groups (broad SMARTS) is 1. The normalized spacial score (nSPS) is 13.3. The first-order valence-corrected chi connectivity index (χ1v) is 8.06.